The first-order valence-electron chi connectivity index (χ1n) is 4.29. The summed E-state index contributed by atoms with van der Waals surface area (Å²) in [5, 5.41) is 2.54. The van der Waals surface area contributed by atoms with Gasteiger partial charge in [-0.25, -0.2) is 13.6 Å². The highest BCUT2D eigenvalue weighted by molar-refractivity contribution is 9.10. The highest BCUT2D eigenvalue weighted by atomic mass is 79.9. The lowest BCUT2D eigenvalue weighted by Gasteiger charge is -2.16. The first-order valence-corrected chi connectivity index (χ1v) is 5.09. The van der Waals surface area contributed by atoms with Crippen LogP contribution in [0, 0.1) is 11.6 Å². The van der Waals surface area contributed by atoms with Crippen LogP contribution in [-0.4, -0.2) is 19.1 Å². The molecule has 1 N–H and O–H groups in total. The van der Waals surface area contributed by atoms with E-state index < -0.39 is 11.6 Å². The number of hydrogen-bond donors (Lipinski definition) is 1. The minimum absolute atomic E-state index is 0.0754. The van der Waals surface area contributed by atoms with Crippen LogP contribution in [-0.2, 0) is 0 Å². The van der Waals surface area contributed by atoms with Gasteiger partial charge in [0.25, 0.3) is 0 Å². The minimum Gasteiger partial charge on any atom is -0.336 e. The highest BCUT2D eigenvalue weighted by Gasteiger charge is 2.26. The number of carbonyl (C=O) groups excluding carboxylic acids is 1. The minimum atomic E-state index is -0.751. The molecule has 0 radical (unpaired) electrons. The summed E-state index contributed by atoms with van der Waals surface area (Å²) in [6, 6.07) is 1.51. The molecule has 0 saturated carbocycles. The van der Waals surface area contributed by atoms with Crippen LogP contribution in [0.4, 0.5) is 19.3 Å². The van der Waals surface area contributed by atoms with Crippen molar-refractivity contribution < 1.29 is 13.6 Å². The molecular formula is C9H7BrF2N2O. The molecule has 0 aliphatic carbocycles. The summed E-state index contributed by atoms with van der Waals surface area (Å²) in [5.41, 5.74) is 0.0754. The van der Waals surface area contributed by atoms with Crippen LogP contribution in [0.5, 0.6) is 0 Å². The number of urea groups is 1. The summed E-state index contributed by atoms with van der Waals surface area (Å²) >= 11 is 3.03. The van der Waals surface area contributed by atoms with Crippen molar-refractivity contribution in [2.45, 2.75) is 0 Å². The maximum absolute atomic E-state index is 13.4. The second-order valence-corrected chi connectivity index (χ2v) is 3.96. The predicted octanol–water partition coefficient (Wildman–Crippen LogP) is 2.26. The number of rotatable bonds is 1. The lowest BCUT2D eigenvalue weighted by Crippen LogP contribution is -2.28. The molecule has 6 heteroatoms. The summed E-state index contributed by atoms with van der Waals surface area (Å²) < 4.78 is 26.5. The van der Waals surface area contributed by atoms with Gasteiger partial charge in [0.15, 0.2) is 5.82 Å². The van der Waals surface area contributed by atoms with E-state index in [-0.39, 0.29) is 16.2 Å². The molecule has 1 aliphatic rings. The Hall–Kier alpha value is -1.17. The maximum Gasteiger partial charge on any atom is 0.322 e. The van der Waals surface area contributed by atoms with E-state index in [1.807, 2.05) is 0 Å². The second kappa shape index (κ2) is 3.77. The van der Waals surface area contributed by atoms with Gasteiger partial charge in [-0.05, 0) is 22.0 Å². The Labute approximate surface area is 93.2 Å². The quantitative estimate of drug-likeness (QED) is 0.839. The highest BCUT2D eigenvalue weighted by Crippen LogP contribution is 2.31. The molecule has 0 atom stereocenters. The zero-order chi connectivity index (χ0) is 11.0. The van der Waals surface area contributed by atoms with Crippen LogP contribution < -0.4 is 10.2 Å². The number of carbonyl (C=O) groups is 1. The molecule has 1 aromatic rings. The third-order valence-corrected chi connectivity index (χ3v) is 2.71. The van der Waals surface area contributed by atoms with E-state index in [0.717, 1.165) is 12.1 Å². The molecule has 0 bridgehead atoms. The van der Waals surface area contributed by atoms with E-state index in [0.29, 0.717) is 13.1 Å². The van der Waals surface area contributed by atoms with Crippen LogP contribution in [0.15, 0.2) is 16.6 Å². The molecule has 0 spiro atoms. The molecule has 80 valence electrons. The van der Waals surface area contributed by atoms with Crippen molar-refractivity contribution in [3.05, 3.63) is 28.2 Å². The first-order chi connectivity index (χ1) is 7.09. The van der Waals surface area contributed by atoms with Gasteiger partial charge in [-0.15, -0.1) is 0 Å². The van der Waals surface area contributed by atoms with Crippen molar-refractivity contribution >= 4 is 27.6 Å². The Kier molecular flexibility index (Phi) is 2.60. The van der Waals surface area contributed by atoms with E-state index in [9.17, 15) is 13.6 Å². The van der Waals surface area contributed by atoms with Crippen LogP contribution >= 0.6 is 15.9 Å². The second-order valence-electron chi connectivity index (χ2n) is 3.10. The average Bonchev–Trinajstić information content (AvgIpc) is 2.50. The third kappa shape index (κ3) is 1.81. The molecule has 2 rings (SSSR count). The van der Waals surface area contributed by atoms with Gasteiger partial charge in [0, 0.05) is 23.6 Å². The van der Waals surface area contributed by atoms with Crippen molar-refractivity contribution in [1.29, 1.82) is 0 Å². The fourth-order valence-electron chi connectivity index (χ4n) is 1.48. The normalized spacial score (nSPS) is 15.7. The molecule has 3 nitrogen and oxygen atoms in total. The molecule has 2 amide bonds. The van der Waals surface area contributed by atoms with Gasteiger partial charge in [0.2, 0.25) is 0 Å². The lowest BCUT2D eigenvalue weighted by atomic mass is 10.2. The van der Waals surface area contributed by atoms with Crippen LogP contribution in [0.2, 0.25) is 0 Å². The van der Waals surface area contributed by atoms with Crippen LogP contribution in [0.1, 0.15) is 0 Å². The molecule has 1 aliphatic heterocycles. The molecule has 0 aromatic heterocycles. The molecule has 15 heavy (non-hydrogen) atoms. The van der Waals surface area contributed by atoms with E-state index in [2.05, 4.69) is 21.2 Å². The van der Waals surface area contributed by atoms with Gasteiger partial charge in [-0.1, -0.05) is 0 Å². The number of halogens is 3. The topological polar surface area (TPSA) is 32.3 Å². The van der Waals surface area contributed by atoms with Gasteiger partial charge < -0.3 is 5.32 Å². The fourth-order valence-corrected chi connectivity index (χ4v) is 2.10. The SMILES string of the molecule is O=C1NCCN1c1c(F)cc(F)cc1Br. The summed E-state index contributed by atoms with van der Waals surface area (Å²) in [5.74, 6) is -1.43. The van der Waals surface area contributed by atoms with Crippen molar-refractivity contribution in [2.75, 3.05) is 18.0 Å². The summed E-state index contributed by atoms with van der Waals surface area (Å²) in [6.07, 6.45) is 0. The monoisotopic (exact) mass is 276 g/mol. The number of amides is 2. The molecule has 1 heterocycles. The average molecular weight is 277 g/mol. The number of nitrogens with one attached hydrogen (secondary N) is 1. The molecule has 1 saturated heterocycles. The third-order valence-electron chi connectivity index (χ3n) is 2.11. The van der Waals surface area contributed by atoms with E-state index in [4.69, 9.17) is 0 Å². The van der Waals surface area contributed by atoms with E-state index >= 15 is 0 Å². The van der Waals surface area contributed by atoms with Gasteiger partial charge >= 0.3 is 6.03 Å². The van der Waals surface area contributed by atoms with E-state index in [1.165, 1.54) is 4.90 Å². The fraction of sp³-hybridized carbons (Fsp3) is 0.222. The molecular weight excluding hydrogens is 270 g/mol. The van der Waals surface area contributed by atoms with Crippen molar-refractivity contribution in [1.82, 2.24) is 5.32 Å². The van der Waals surface area contributed by atoms with E-state index in [1.54, 1.807) is 0 Å². The first kappa shape index (κ1) is 10.4. The van der Waals surface area contributed by atoms with Crippen LogP contribution in [0.25, 0.3) is 0 Å². The van der Waals surface area contributed by atoms with Gasteiger partial charge in [-0.2, -0.15) is 0 Å². The Morgan fingerprint density at radius 3 is 2.67 bits per heavy atom. The molecule has 1 aromatic carbocycles. The number of anilines is 1. The lowest BCUT2D eigenvalue weighted by molar-refractivity contribution is 0.252. The Morgan fingerprint density at radius 2 is 2.13 bits per heavy atom. The van der Waals surface area contributed by atoms with Gasteiger partial charge in [0.05, 0.1) is 5.69 Å². The zero-order valence-corrected chi connectivity index (χ0v) is 9.14. The Balaban J connectivity index is 2.47. The van der Waals surface area contributed by atoms with Gasteiger partial charge in [-0.3, -0.25) is 4.90 Å². The largest absolute Gasteiger partial charge is 0.336 e. The van der Waals surface area contributed by atoms with Crippen LogP contribution in [0.3, 0.4) is 0 Å². The van der Waals surface area contributed by atoms with Gasteiger partial charge in [0.1, 0.15) is 5.82 Å². The van der Waals surface area contributed by atoms with Crippen molar-refractivity contribution in [3.63, 3.8) is 0 Å². The maximum atomic E-state index is 13.4. The van der Waals surface area contributed by atoms with Crippen molar-refractivity contribution in [3.8, 4) is 0 Å². The molecule has 1 fully saturated rings. The van der Waals surface area contributed by atoms with Crippen molar-refractivity contribution in [2.24, 2.45) is 0 Å². The standard InChI is InChI=1S/C9H7BrF2N2O/c10-6-3-5(11)4-7(12)8(6)14-2-1-13-9(14)15/h3-4H,1-2H2,(H,13,15). The zero-order valence-electron chi connectivity index (χ0n) is 7.56. The Morgan fingerprint density at radius 1 is 1.40 bits per heavy atom. The summed E-state index contributed by atoms with van der Waals surface area (Å²) in [6.45, 7) is 0.835. The number of nitrogens with zero attached hydrogens (tertiary/aromatic N) is 1. The predicted molar refractivity (Wildman–Crippen MR) is 54.8 cm³/mol. The summed E-state index contributed by atoms with van der Waals surface area (Å²) in [7, 11) is 0. The Bertz CT molecular complexity index is 402. The summed E-state index contributed by atoms with van der Waals surface area (Å²) in [4.78, 5) is 12.5. The number of hydrogen-bond acceptors (Lipinski definition) is 1. The number of benzene rings is 1. The smallest absolute Gasteiger partial charge is 0.322 e. The molecule has 0 unspecified atom stereocenters.